The number of nitrogens with one attached hydrogen (secondary N) is 1. The first-order valence-electron chi connectivity index (χ1n) is 6.14. The summed E-state index contributed by atoms with van der Waals surface area (Å²) in [6.07, 6.45) is 0.917. The number of hydrogen-bond donors (Lipinski definition) is 1. The van der Waals surface area contributed by atoms with E-state index in [4.69, 9.17) is 27.7 Å². The molecule has 0 aliphatic rings. The number of nitrogens with zero attached hydrogens (tertiary/aromatic N) is 1. The van der Waals surface area contributed by atoms with Crippen molar-refractivity contribution in [1.82, 2.24) is 5.16 Å². The number of carbonyl (C=O) groups excluding carboxylic acids is 1. The first kappa shape index (κ1) is 14.9. The molecule has 106 valence electrons. The molecule has 0 saturated heterocycles. The highest BCUT2D eigenvalue weighted by atomic mass is 35.5. The Bertz CT molecular complexity index is 619. The minimum atomic E-state index is -0.116. The molecule has 6 heteroatoms. The molecule has 0 atom stereocenters. The molecule has 2 rings (SSSR count). The third kappa shape index (κ3) is 3.52. The number of hydrogen-bond acceptors (Lipinski definition) is 3. The zero-order chi connectivity index (χ0) is 14.7. The zero-order valence-corrected chi connectivity index (χ0v) is 12.7. The van der Waals surface area contributed by atoms with Gasteiger partial charge in [0.05, 0.1) is 16.4 Å². The molecule has 4 nitrogen and oxygen atoms in total. The molecule has 1 heterocycles. The van der Waals surface area contributed by atoms with E-state index < -0.39 is 0 Å². The summed E-state index contributed by atoms with van der Waals surface area (Å²) in [6, 6.07) is 4.95. The van der Waals surface area contributed by atoms with Crippen LogP contribution in [0.1, 0.15) is 23.4 Å². The van der Waals surface area contributed by atoms with E-state index in [1.165, 1.54) is 0 Å². The molecule has 0 bridgehead atoms. The van der Waals surface area contributed by atoms with E-state index in [0.717, 1.165) is 17.0 Å². The molecule has 1 aromatic heterocycles. The normalized spacial score (nSPS) is 10.6. The molecular formula is C14H14Cl2N2O2. The Labute approximate surface area is 127 Å². The van der Waals surface area contributed by atoms with Gasteiger partial charge < -0.3 is 9.84 Å². The number of amides is 1. The Morgan fingerprint density at radius 2 is 2.10 bits per heavy atom. The molecule has 1 amide bonds. The number of halogens is 2. The van der Waals surface area contributed by atoms with Crippen molar-refractivity contribution in [2.75, 3.05) is 5.32 Å². The fourth-order valence-electron chi connectivity index (χ4n) is 1.90. The Morgan fingerprint density at radius 1 is 1.35 bits per heavy atom. The standard InChI is InChI=1S/C14H14Cl2N2O2/c1-8-11(9(2)20-18-8)4-6-14(19)17-13-5-3-10(15)7-12(13)16/h3,5,7H,4,6H2,1-2H3,(H,17,19). The summed E-state index contributed by atoms with van der Waals surface area (Å²) < 4.78 is 5.06. The smallest absolute Gasteiger partial charge is 0.224 e. The molecule has 0 radical (unpaired) electrons. The van der Waals surface area contributed by atoms with Crippen molar-refractivity contribution >= 4 is 34.8 Å². The maximum atomic E-state index is 11.9. The van der Waals surface area contributed by atoms with Crippen LogP contribution in [0, 0.1) is 13.8 Å². The van der Waals surface area contributed by atoms with Crippen LogP contribution in [0.5, 0.6) is 0 Å². The van der Waals surface area contributed by atoms with E-state index >= 15 is 0 Å². The van der Waals surface area contributed by atoms with Gasteiger partial charge in [0.1, 0.15) is 5.76 Å². The summed E-state index contributed by atoms with van der Waals surface area (Å²) in [4.78, 5) is 11.9. The lowest BCUT2D eigenvalue weighted by atomic mass is 10.1. The van der Waals surface area contributed by atoms with Crippen LogP contribution in [0.25, 0.3) is 0 Å². The number of carbonyl (C=O) groups is 1. The predicted octanol–water partition coefficient (Wildman–Crippen LogP) is 4.17. The molecule has 20 heavy (non-hydrogen) atoms. The second kappa shape index (κ2) is 6.29. The van der Waals surface area contributed by atoms with Crippen molar-refractivity contribution in [3.63, 3.8) is 0 Å². The third-order valence-corrected chi connectivity index (χ3v) is 3.54. The Hall–Kier alpha value is -1.52. The van der Waals surface area contributed by atoms with Gasteiger partial charge in [0.25, 0.3) is 0 Å². The van der Waals surface area contributed by atoms with Gasteiger partial charge in [0.15, 0.2) is 0 Å². The molecule has 0 aliphatic carbocycles. The fourth-order valence-corrected chi connectivity index (χ4v) is 2.36. The molecule has 0 aliphatic heterocycles. The summed E-state index contributed by atoms with van der Waals surface area (Å²) in [5, 5.41) is 7.57. The van der Waals surface area contributed by atoms with Crippen LogP contribution >= 0.6 is 23.2 Å². The molecule has 0 unspecified atom stereocenters. The predicted molar refractivity (Wildman–Crippen MR) is 79.4 cm³/mol. The van der Waals surface area contributed by atoms with E-state index in [2.05, 4.69) is 10.5 Å². The fraction of sp³-hybridized carbons (Fsp3) is 0.286. The van der Waals surface area contributed by atoms with E-state index in [1.54, 1.807) is 18.2 Å². The van der Waals surface area contributed by atoms with Crippen molar-refractivity contribution in [3.05, 3.63) is 45.3 Å². The second-order valence-corrected chi connectivity index (χ2v) is 5.32. The van der Waals surface area contributed by atoms with Gasteiger partial charge in [-0.25, -0.2) is 0 Å². The van der Waals surface area contributed by atoms with Gasteiger partial charge in [-0.1, -0.05) is 28.4 Å². The monoisotopic (exact) mass is 312 g/mol. The van der Waals surface area contributed by atoms with Crippen molar-refractivity contribution in [1.29, 1.82) is 0 Å². The van der Waals surface area contributed by atoms with E-state index in [-0.39, 0.29) is 5.91 Å². The van der Waals surface area contributed by atoms with E-state index in [0.29, 0.717) is 28.6 Å². The largest absolute Gasteiger partial charge is 0.361 e. The van der Waals surface area contributed by atoms with Gasteiger partial charge in [-0.3, -0.25) is 4.79 Å². The van der Waals surface area contributed by atoms with Crippen LogP contribution in [-0.2, 0) is 11.2 Å². The quantitative estimate of drug-likeness (QED) is 0.921. The SMILES string of the molecule is Cc1noc(C)c1CCC(=O)Nc1ccc(Cl)cc1Cl. The molecule has 2 aromatic rings. The number of anilines is 1. The van der Waals surface area contributed by atoms with Crippen LogP contribution in [0.3, 0.4) is 0 Å². The lowest BCUT2D eigenvalue weighted by molar-refractivity contribution is -0.116. The van der Waals surface area contributed by atoms with Crippen molar-refractivity contribution in [2.24, 2.45) is 0 Å². The summed E-state index contributed by atoms with van der Waals surface area (Å²) in [5.41, 5.74) is 2.35. The Kier molecular flexibility index (Phi) is 4.68. The zero-order valence-electron chi connectivity index (χ0n) is 11.2. The molecule has 1 aromatic carbocycles. The Balaban J connectivity index is 1.96. The minimum Gasteiger partial charge on any atom is -0.361 e. The summed E-state index contributed by atoms with van der Waals surface area (Å²) in [6.45, 7) is 3.70. The molecule has 0 saturated carbocycles. The minimum absolute atomic E-state index is 0.116. The summed E-state index contributed by atoms with van der Waals surface area (Å²) in [5.74, 6) is 0.633. The van der Waals surface area contributed by atoms with Crippen LogP contribution in [0.2, 0.25) is 10.0 Å². The van der Waals surface area contributed by atoms with Crippen LogP contribution in [-0.4, -0.2) is 11.1 Å². The average Bonchev–Trinajstić information content (AvgIpc) is 2.70. The molecule has 0 spiro atoms. The first-order valence-corrected chi connectivity index (χ1v) is 6.89. The lowest BCUT2D eigenvalue weighted by Crippen LogP contribution is -2.13. The molecule has 0 fully saturated rings. The van der Waals surface area contributed by atoms with Gasteiger partial charge in [0.2, 0.25) is 5.91 Å². The van der Waals surface area contributed by atoms with E-state index in [1.807, 2.05) is 13.8 Å². The highest BCUT2D eigenvalue weighted by Gasteiger charge is 2.12. The van der Waals surface area contributed by atoms with Crippen LogP contribution in [0.4, 0.5) is 5.69 Å². The number of aryl methyl sites for hydroxylation is 2. The van der Waals surface area contributed by atoms with Gasteiger partial charge in [-0.2, -0.15) is 0 Å². The van der Waals surface area contributed by atoms with E-state index in [9.17, 15) is 4.79 Å². The molecule has 1 N–H and O–H groups in total. The maximum absolute atomic E-state index is 11.9. The van der Waals surface area contributed by atoms with Gasteiger partial charge in [-0.15, -0.1) is 0 Å². The van der Waals surface area contributed by atoms with Gasteiger partial charge >= 0.3 is 0 Å². The lowest BCUT2D eigenvalue weighted by Gasteiger charge is -2.07. The number of benzene rings is 1. The maximum Gasteiger partial charge on any atom is 0.224 e. The second-order valence-electron chi connectivity index (χ2n) is 4.48. The summed E-state index contributed by atoms with van der Waals surface area (Å²) >= 11 is 11.8. The number of rotatable bonds is 4. The number of aromatic nitrogens is 1. The highest BCUT2D eigenvalue weighted by molar-refractivity contribution is 6.36. The highest BCUT2D eigenvalue weighted by Crippen LogP contribution is 2.25. The average molecular weight is 313 g/mol. The topological polar surface area (TPSA) is 55.1 Å². The van der Waals surface area contributed by atoms with Crippen molar-refractivity contribution in [3.8, 4) is 0 Å². The third-order valence-electron chi connectivity index (χ3n) is 2.99. The summed E-state index contributed by atoms with van der Waals surface area (Å²) in [7, 11) is 0. The molecular weight excluding hydrogens is 299 g/mol. The first-order chi connectivity index (χ1) is 9.47. The van der Waals surface area contributed by atoms with Crippen molar-refractivity contribution in [2.45, 2.75) is 26.7 Å². The van der Waals surface area contributed by atoms with Gasteiger partial charge in [0, 0.05) is 17.0 Å². The van der Waals surface area contributed by atoms with Crippen LogP contribution < -0.4 is 5.32 Å². The van der Waals surface area contributed by atoms with Crippen molar-refractivity contribution < 1.29 is 9.32 Å². The van der Waals surface area contributed by atoms with Crippen LogP contribution in [0.15, 0.2) is 22.7 Å². The Morgan fingerprint density at radius 3 is 2.70 bits per heavy atom. The van der Waals surface area contributed by atoms with Gasteiger partial charge in [-0.05, 0) is 38.5 Å².